The molecule has 2 aromatic rings. The van der Waals surface area contributed by atoms with Crippen molar-refractivity contribution in [3.05, 3.63) is 53.6 Å². The Labute approximate surface area is 178 Å². The van der Waals surface area contributed by atoms with Crippen LogP contribution in [0.15, 0.2) is 42.5 Å². The molecule has 1 fully saturated rings. The first-order valence-electron chi connectivity index (χ1n) is 10.7. The SMILES string of the molecule is CCCCOc1ccc(C(=O)NCc2ccc(N3CCCC3=O)cc2)cc1OCC. The van der Waals surface area contributed by atoms with Crippen LogP contribution in [0.4, 0.5) is 5.69 Å². The molecule has 0 bridgehead atoms. The van der Waals surface area contributed by atoms with Crippen LogP contribution in [0.5, 0.6) is 11.5 Å². The number of nitrogens with one attached hydrogen (secondary N) is 1. The van der Waals surface area contributed by atoms with Gasteiger partial charge in [-0.3, -0.25) is 9.59 Å². The minimum absolute atomic E-state index is 0.170. The van der Waals surface area contributed by atoms with Crippen LogP contribution in [0, 0.1) is 0 Å². The number of carbonyl (C=O) groups is 2. The number of hydrogen-bond acceptors (Lipinski definition) is 4. The smallest absolute Gasteiger partial charge is 0.251 e. The summed E-state index contributed by atoms with van der Waals surface area (Å²) >= 11 is 0. The molecule has 2 amide bonds. The van der Waals surface area contributed by atoms with Crippen molar-refractivity contribution in [1.82, 2.24) is 5.32 Å². The Hall–Kier alpha value is -3.02. The molecule has 160 valence electrons. The third kappa shape index (κ3) is 5.53. The van der Waals surface area contributed by atoms with Crippen LogP contribution in [-0.2, 0) is 11.3 Å². The van der Waals surface area contributed by atoms with E-state index in [0.29, 0.717) is 43.2 Å². The van der Waals surface area contributed by atoms with Crippen LogP contribution in [0.25, 0.3) is 0 Å². The Morgan fingerprint density at radius 1 is 1.07 bits per heavy atom. The largest absolute Gasteiger partial charge is 0.490 e. The highest BCUT2D eigenvalue weighted by Crippen LogP contribution is 2.29. The van der Waals surface area contributed by atoms with Gasteiger partial charge in [0.25, 0.3) is 5.91 Å². The maximum atomic E-state index is 12.6. The normalized spacial score (nSPS) is 13.4. The third-order valence-electron chi connectivity index (χ3n) is 5.04. The average molecular weight is 411 g/mol. The van der Waals surface area contributed by atoms with E-state index in [9.17, 15) is 9.59 Å². The van der Waals surface area contributed by atoms with E-state index in [4.69, 9.17) is 9.47 Å². The molecule has 0 aliphatic carbocycles. The van der Waals surface area contributed by atoms with E-state index in [1.54, 1.807) is 18.2 Å². The predicted molar refractivity (Wildman–Crippen MR) is 117 cm³/mol. The van der Waals surface area contributed by atoms with Gasteiger partial charge in [-0.2, -0.15) is 0 Å². The fraction of sp³-hybridized carbons (Fsp3) is 0.417. The molecule has 30 heavy (non-hydrogen) atoms. The van der Waals surface area contributed by atoms with Gasteiger partial charge in [-0.05, 0) is 55.7 Å². The van der Waals surface area contributed by atoms with Crippen LogP contribution in [0.1, 0.15) is 55.5 Å². The van der Waals surface area contributed by atoms with E-state index in [0.717, 1.165) is 37.1 Å². The maximum Gasteiger partial charge on any atom is 0.251 e. The summed E-state index contributed by atoms with van der Waals surface area (Å²) in [5.74, 6) is 1.24. The number of hydrogen-bond donors (Lipinski definition) is 1. The Balaban J connectivity index is 1.59. The van der Waals surface area contributed by atoms with E-state index in [-0.39, 0.29) is 11.8 Å². The zero-order valence-electron chi connectivity index (χ0n) is 17.8. The molecule has 1 N–H and O–H groups in total. The van der Waals surface area contributed by atoms with Crippen molar-refractivity contribution < 1.29 is 19.1 Å². The van der Waals surface area contributed by atoms with E-state index in [1.807, 2.05) is 36.1 Å². The minimum Gasteiger partial charge on any atom is -0.490 e. The van der Waals surface area contributed by atoms with Crippen LogP contribution in [0.2, 0.25) is 0 Å². The van der Waals surface area contributed by atoms with Crippen LogP contribution < -0.4 is 19.7 Å². The van der Waals surface area contributed by atoms with Crippen molar-refractivity contribution in [2.75, 3.05) is 24.7 Å². The second-order valence-electron chi connectivity index (χ2n) is 7.29. The summed E-state index contributed by atoms with van der Waals surface area (Å²) in [5, 5.41) is 2.94. The van der Waals surface area contributed by atoms with Crippen molar-refractivity contribution in [3.8, 4) is 11.5 Å². The van der Waals surface area contributed by atoms with Crippen LogP contribution in [0.3, 0.4) is 0 Å². The number of benzene rings is 2. The molecule has 2 aromatic carbocycles. The molecule has 1 aliphatic heterocycles. The number of anilines is 1. The Morgan fingerprint density at radius 3 is 2.53 bits per heavy atom. The second-order valence-corrected chi connectivity index (χ2v) is 7.29. The van der Waals surface area contributed by atoms with Gasteiger partial charge in [0.2, 0.25) is 5.91 Å². The first kappa shape index (κ1) is 21.7. The summed E-state index contributed by atoms with van der Waals surface area (Å²) in [6.07, 6.45) is 3.55. The number of rotatable bonds is 10. The molecule has 0 radical (unpaired) electrons. The maximum absolute atomic E-state index is 12.6. The number of nitrogens with zero attached hydrogens (tertiary/aromatic N) is 1. The summed E-state index contributed by atoms with van der Waals surface area (Å²) in [5.41, 5.74) is 2.41. The Bertz CT molecular complexity index is 864. The van der Waals surface area contributed by atoms with Gasteiger partial charge < -0.3 is 19.7 Å². The highest BCUT2D eigenvalue weighted by atomic mass is 16.5. The summed E-state index contributed by atoms with van der Waals surface area (Å²) in [6.45, 7) is 6.32. The van der Waals surface area contributed by atoms with Crippen molar-refractivity contribution in [1.29, 1.82) is 0 Å². The van der Waals surface area contributed by atoms with Crippen molar-refractivity contribution >= 4 is 17.5 Å². The van der Waals surface area contributed by atoms with Gasteiger partial charge in [-0.25, -0.2) is 0 Å². The van der Waals surface area contributed by atoms with Crippen LogP contribution >= 0.6 is 0 Å². The molecule has 0 saturated carbocycles. The molecular weight excluding hydrogens is 380 g/mol. The van der Waals surface area contributed by atoms with E-state index < -0.39 is 0 Å². The standard InChI is InChI=1S/C24H30N2O4/c1-3-5-15-30-21-13-10-19(16-22(21)29-4-2)24(28)25-17-18-8-11-20(12-9-18)26-14-6-7-23(26)27/h8-13,16H,3-7,14-15,17H2,1-2H3,(H,25,28). The van der Waals surface area contributed by atoms with Crippen molar-refractivity contribution in [2.45, 2.75) is 46.1 Å². The zero-order valence-corrected chi connectivity index (χ0v) is 17.8. The third-order valence-corrected chi connectivity index (χ3v) is 5.04. The summed E-state index contributed by atoms with van der Waals surface area (Å²) in [7, 11) is 0. The fourth-order valence-corrected chi connectivity index (χ4v) is 3.36. The lowest BCUT2D eigenvalue weighted by Crippen LogP contribution is -2.24. The molecule has 6 nitrogen and oxygen atoms in total. The summed E-state index contributed by atoms with van der Waals surface area (Å²) in [4.78, 5) is 26.3. The highest BCUT2D eigenvalue weighted by molar-refractivity contribution is 5.95. The van der Waals surface area contributed by atoms with Gasteiger partial charge in [0.1, 0.15) is 0 Å². The number of amides is 2. The van der Waals surface area contributed by atoms with Crippen molar-refractivity contribution in [2.24, 2.45) is 0 Å². The van der Waals surface area contributed by atoms with Gasteiger partial charge in [0, 0.05) is 30.8 Å². The summed E-state index contributed by atoms with van der Waals surface area (Å²) < 4.78 is 11.4. The van der Waals surface area contributed by atoms with Gasteiger partial charge in [0.15, 0.2) is 11.5 Å². The zero-order chi connectivity index (χ0) is 21.3. The number of unbranched alkanes of at least 4 members (excludes halogenated alkanes) is 1. The lowest BCUT2D eigenvalue weighted by molar-refractivity contribution is -0.117. The summed E-state index contributed by atoms with van der Waals surface area (Å²) in [6, 6.07) is 13.0. The topological polar surface area (TPSA) is 67.9 Å². The average Bonchev–Trinajstić information content (AvgIpc) is 3.19. The van der Waals surface area contributed by atoms with Gasteiger partial charge in [-0.15, -0.1) is 0 Å². The number of carbonyl (C=O) groups excluding carboxylic acids is 2. The van der Waals surface area contributed by atoms with Gasteiger partial charge in [-0.1, -0.05) is 25.5 Å². The molecule has 1 saturated heterocycles. The minimum atomic E-state index is -0.171. The molecule has 1 aliphatic rings. The molecule has 0 atom stereocenters. The Kier molecular flexibility index (Phi) is 7.71. The van der Waals surface area contributed by atoms with E-state index in [1.165, 1.54) is 0 Å². The number of ether oxygens (including phenoxy) is 2. The lowest BCUT2D eigenvalue weighted by atomic mass is 10.1. The highest BCUT2D eigenvalue weighted by Gasteiger charge is 2.21. The van der Waals surface area contributed by atoms with Crippen LogP contribution in [-0.4, -0.2) is 31.6 Å². The molecule has 0 aromatic heterocycles. The predicted octanol–water partition coefficient (Wildman–Crippen LogP) is 4.32. The molecule has 3 rings (SSSR count). The van der Waals surface area contributed by atoms with Gasteiger partial charge in [0.05, 0.1) is 13.2 Å². The first-order chi connectivity index (χ1) is 14.6. The van der Waals surface area contributed by atoms with Crippen molar-refractivity contribution in [3.63, 3.8) is 0 Å². The fourth-order valence-electron chi connectivity index (χ4n) is 3.36. The monoisotopic (exact) mass is 410 g/mol. The molecule has 0 spiro atoms. The molecule has 0 unspecified atom stereocenters. The molecule has 6 heteroatoms. The second kappa shape index (κ2) is 10.7. The quantitative estimate of drug-likeness (QED) is 0.592. The first-order valence-corrected chi connectivity index (χ1v) is 10.7. The molecular formula is C24H30N2O4. The van der Waals surface area contributed by atoms with E-state index in [2.05, 4.69) is 12.2 Å². The van der Waals surface area contributed by atoms with E-state index >= 15 is 0 Å². The molecule has 1 heterocycles. The van der Waals surface area contributed by atoms with Gasteiger partial charge >= 0.3 is 0 Å². The Morgan fingerprint density at radius 2 is 1.87 bits per heavy atom. The lowest BCUT2D eigenvalue weighted by Gasteiger charge is -2.16.